The third kappa shape index (κ3) is 4.95. The summed E-state index contributed by atoms with van der Waals surface area (Å²) >= 11 is 1.01. The number of aryl methyl sites for hydroxylation is 1. The predicted molar refractivity (Wildman–Crippen MR) is 105 cm³/mol. The Bertz CT molecular complexity index is 869. The number of carbonyl (C=O) groups is 3. The monoisotopic (exact) mass is 389 g/mol. The van der Waals surface area contributed by atoms with Gasteiger partial charge in [0.25, 0.3) is 5.91 Å². The molecule has 7 heteroatoms. The van der Waals surface area contributed by atoms with Crippen LogP contribution >= 0.6 is 11.3 Å². The summed E-state index contributed by atoms with van der Waals surface area (Å²) in [5.74, 6) is -1.49. The summed E-state index contributed by atoms with van der Waals surface area (Å²) in [5, 5.41) is 3.01. The van der Waals surface area contributed by atoms with Crippen LogP contribution < -0.4 is 5.32 Å². The molecule has 1 aromatic heterocycles. The van der Waals surface area contributed by atoms with E-state index in [2.05, 4.69) is 5.32 Å². The van der Waals surface area contributed by atoms with Crippen LogP contribution in [0.2, 0.25) is 0 Å². The summed E-state index contributed by atoms with van der Waals surface area (Å²) in [7, 11) is 0. The van der Waals surface area contributed by atoms with E-state index in [1.165, 1.54) is 0 Å². The smallest absolute Gasteiger partial charge is 0.348 e. The normalized spacial score (nSPS) is 10.6. The van der Waals surface area contributed by atoms with Crippen LogP contribution in [0.4, 0.5) is 5.00 Å². The molecule has 2 aromatic rings. The standard InChI is InChI=1S/C20H23NO5S/c1-6-25-19(23)15-13(5)16(20(24)26-11(2)3)27-18(15)21-17(22)14-9-7-8-12(4)10-14/h7-11H,6H2,1-5H3,(H,21,22). The van der Waals surface area contributed by atoms with Crippen molar-refractivity contribution in [1.82, 2.24) is 0 Å². The van der Waals surface area contributed by atoms with Crippen LogP contribution in [-0.2, 0) is 9.47 Å². The SMILES string of the molecule is CCOC(=O)c1c(NC(=O)c2cccc(C)c2)sc(C(=O)OC(C)C)c1C. The summed E-state index contributed by atoms with van der Waals surface area (Å²) in [4.78, 5) is 37.6. The molecular weight excluding hydrogens is 366 g/mol. The largest absolute Gasteiger partial charge is 0.462 e. The molecule has 1 heterocycles. The second-order valence-electron chi connectivity index (χ2n) is 6.26. The Morgan fingerprint density at radius 1 is 1.15 bits per heavy atom. The van der Waals surface area contributed by atoms with E-state index in [4.69, 9.17) is 9.47 Å². The molecular formula is C20H23NO5S. The molecule has 1 aromatic carbocycles. The molecule has 1 amide bonds. The van der Waals surface area contributed by atoms with Crippen LogP contribution in [0.5, 0.6) is 0 Å². The number of anilines is 1. The minimum absolute atomic E-state index is 0.179. The van der Waals surface area contributed by atoms with Gasteiger partial charge in [0.2, 0.25) is 0 Å². The van der Waals surface area contributed by atoms with E-state index in [0.29, 0.717) is 11.1 Å². The number of hydrogen-bond donors (Lipinski definition) is 1. The van der Waals surface area contributed by atoms with Crippen LogP contribution in [0.25, 0.3) is 0 Å². The summed E-state index contributed by atoms with van der Waals surface area (Å²) in [6.07, 6.45) is -0.296. The molecule has 0 saturated heterocycles. The van der Waals surface area contributed by atoms with Gasteiger partial charge in [0.05, 0.1) is 18.3 Å². The third-order valence-electron chi connectivity index (χ3n) is 3.66. The van der Waals surface area contributed by atoms with Crippen molar-refractivity contribution in [1.29, 1.82) is 0 Å². The Morgan fingerprint density at radius 3 is 2.44 bits per heavy atom. The van der Waals surface area contributed by atoms with Crippen molar-refractivity contribution in [2.75, 3.05) is 11.9 Å². The molecule has 0 spiro atoms. The number of carbonyl (C=O) groups excluding carboxylic acids is 3. The average Bonchev–Trinajstić information content (AvgIpc) is 2.90. The number of thiophene rings is 1. The fourth-order valence-electron chi connectivity index (χ4n) is 2.47. The van der Waals surface area contributed by atoms with Crippen molar-refractivity contribution in [2.24, 2.45) is 0 Å². The van der Waals surface area contributed by atoms with Crippen molar-refractivity contribution < 1.29 is 23.9 Å². The second kappa shape index (κ2) is 8.81. The average molecular weight is 389 g/mol. The van der Waals surface area contributed by atoms with Gasteiger partial charge in [-0.1, -0.05) is 17.7 Å². The predicted octanol–water partition coefficient (Wildman–Crippen LogP) is 4.36. The maximum atomic E-state index is 12.6. The van der Waals surface area contributed by atoms with Gasteiger partial charge in [0.15, 0.2) is 0 Å². The highest BCUT2D eigenvalue weighted by atomic mass is 32.1. The van der Waals surface area contributed by atoms with E-state index >= 15 is 0 Å². The van der Waals surface area contributed by atoms with E-state index in [1.54, 1.807) is 45.9 Å². The molecule has 0 saturated carbocycles. The van der Waals surface area contributed by atoms with Crippen LogP contribution in [0.3, 0.4) is 0 Å². The Balaban J connectivity index is 2.42. The minimum atomic E-state index is -0.589. The molecule has 2 rings (SSSR count). The first kappa shape index (κ1) is 20.6. The lowest BCUT2D eigenvalue weighted by molar-refractivity contribution is 0.0383. The van der Waals surface area contributed by atoms with E-state index in [0.717, 1.165) is 16.9 Å². The summed E-state index contributed by atoms with van der Waals surface area (Å²) in [6.45, 7) is 8.89. The van der Waals surface area contributed by atoms with Crippen LogP contribution in [0, 0.1) is 13.8 Å². The number of benzene rings is 1. The van der Waals surface area contributed by atoms with Gasteiger partial charge in [-0.3, -0.25) is 4.79 Å². The number of amides is 1. The van der Waals surface area contributed by atoms with Crippen LogP contribution in [0.1, 0.15) is 62.3 Å². The fraction of sp³-hybridized carbons (Fsp3) is 0.350. The first-order valence-corrected chi connectivity index (χ1v) is 9.45. The lowest BCUT2D eigenvalue weighted by Gasteiger charge is -2.08. The van der Waals surface area contributed by atoms with Gasteiger partial charge in [-0.2, -0.15) is 0 Å². The van der Waals surface area contributed by atoms with Crippen molar-refractivity contribution in [2.45, 2.75) is 40.7 Å². The third-order valence-corrected chi connectivity index (χ3v) is 4.85. The lowest BCUT2D eigenvalue weighted by Crippen LogP contribution is -2.15. The highest BCUT2D eigenvalue weighted by molar-refractivity contribution is 7.18. The van der Waals surface area contributed by atoms with Crippen molar-refractivity contribution in [3.63, 3.8) is 0 Å². The molecule has 6 nitrogen and oxygen atoms in total. The molecule has 0 fully saturated rings. The number of nitrogens with one attached hydrogen (secondary N) is 1. The van der Waals surface area contributed by atoms with Gasteiger partial charge in [-0.15, -0.1) is 11.3 Å². The summed E-state index contributed by atoms with van der Waals surface area (Å²) in [6, 6.07) is 7.09. The van der Waals surface area contributed by atoms with Gasteiger partial charge in [-0.25, -0.2) is 9.59 Å². The maximum absolute atomic E-state index is 12.6. The molecule has 1 N–H and O–H groups in total. The van der Waals surface area contributed by atoms with Gasteiger partial charge in [0, 0.05) is 5.56 Å². The zero-order chi connectivity index (χ0) is 20.1. The molecule has 0 aliphatic heterocycles. The topological polar surface area (TPSA) is 81.7 Å². The number of esters is 2. The molecule has 27 heavy (non-hydrogen) atoms. The van der Waals surface area contributed by atoms with Crippen molar-refractivity contribution >= 4 is 34.2 Å². The zero-order valence-electron chi connectivity index (χ0n) is 16.0. The molecule has 0 bridgehead atoms. The van der Waals surface area contributed by atoms with Crippen LogP contribution in [-0.4, -0.2) is 30.6 Å². The Hall–Kier alpha value is -2.67. The van der Waals surface area contributed by atoms with Crippen molar-refractivity contribution in [3.05, 3.63) is 51.4 Å². The Morgan fingerprint density at radius 2 is 1.85 bits per heavy atom. The minimum Gasteiger partial charge on any atom is -0.462 e. The maximum Gasteiger partial charge on any atom is 0.348 e. The first-order chi connectivity index (χ1) is 12.7. The summed E-state index contributed by atoms with van der Waals surface area (Å²) in [5.41, 5.74) is 2.01. The van der Waals surface area contributed by atoms with Gasteiger partial charge < -0.3 is 14.8 Å². The quantitative estimate of drug-likeness (QED) is 0.743. The number of rotatable bonds is 6. The first-order valence-electron chi connectivity index (χ1n) is 8.64. The molecule has 0 aliphatic rings. The lowest BCUT2D eigenvalue weighted by atomic mass is 10.1. The molecule has 0 aliphatic carbocycles. The highest BCUT2D eigenvalue weighted by Crippen LogP contribution is 2.34. The number of ether oxygens (including phenoxy) is 2. The van der Waals surface area contributed by atoms with Gasteiger partial charge >= 0.3 is 11.9 Å². The fourth-order valence-corrected chi connectivity index (χ4v) is 3.55. The molecule has 144 valence electrons. The van der Waals surface area contributed by atoms with E-state index in [9.17, 15) is 14.4 Å². The zero-order valence-corrected chi connectivity index (χ0v) is 16.9. The van der Waals surface area contributed by atoms with E-state index < -0.39 is 11.9 Å². The Kier molecular flexibility index (Phi) is 6.74. The van der Waals surface area contributed by atoms with Gasteiger partial charge in [-0.05, 0) is 52.3 Å². The molecule has 0 unspecified atom stereocenters. The second-order valence-corrected chi connectivity index (χ2v) is 7.28. The number of hydrogen-bond acceptors (Lipinski definition) is 6. The summed E-state index contributed by atoms with van der Waals surface area (Å²) < 4.78 is 10.3. The van der Waals surface area contributed by atoms with Crippen molar-refractivity contribution in [3.8, 4) is 0 Å². The van der Waals surface area contributed by atoms with E-state index in [1.807, 2.05) is 13.0 Å². The van der Waals surface area contributed by atoms with Gasteiger partial charge in [0.1, 0.15) is 9.88 Å². The van der Waals surface area contributed by atoms with E-state index in [-0.39, 0.29) is 34.1 Å². The Labute approximate surface area is 162 Å². The highest BCUT2D eigenvalue weighted by Gasteiger charge is 2.28. The van der Waals surface area contributed by atoms with Crippen LogP contribution in [0.15, 0.2) is 24.3 Å². The molecule has 0 radical (unpaired) electrons. The molecule has 0 atom stereocenters.